The molecule has 0 spiro atoms. The van der Waals surface area contributed by atoms with Gasteiger partial charge in [-0.25, -0.2) is 0 Å². The summed E-state index contributed by atoms with van der Waals surface area (Å²) in [6, 6.07) is 9.98. The molecule has 326 valence electrons. The van der Waals surface area contributed by atoms with Crippen molar-refractivity contribution in [1.82, 2.24) is 5.32 Å². The fourth-order valence-electron chi connectivity index (χ4n) is 5.90. The van der Waals surface area contributed by atoms with Crippen molar-refractivity contribution in [3.8, 4) is 17.2 Å². The normalized spacial score (nSPS) is 19.5. The maximum atomic E-state index is 12.4. The molecule has 0 atom stereocenters. The SMILES string of the molecule is CC1(C)N=C(c2cc([N+](=O)[O-])ccc2[O-])[N+](=O)C1(C)C.CC1(C)N=C(c2cc([N+](=O)[O-])ccc2[O-])[N+](=O)C1(C)C.CC1(C)NC(c2cc([N+](=O)[O-])ccc2[O-])=[N+]([O-])C1(C)C.[Cr]. The van der Waals surface area contributed by atoms with Gasteiger partial charge in [-0.15, -0.1) is 0 Å². The zero-order valence-corrected chi connectivity index (χ0v) is 36.9. The number of hydroxylamine groups is 1. The molecule has 3 aromatic rings. The number of rotatable bonds is 6. The Labute approximate surface area is 360 Å². The van der Waals surface area contributed by atoms with Crippen LogP contribution in [0.25, 0.3) is 0 Å². The van der Waals surface area contributed by atoms with E-state index in [2.05, 4.69) is 15.3 Å². The number of nitro benzene ring substituents is 3. The van der Waals surface area contributed by atoms with E-state index in [4.69, 9.17) is 0 Å². The number of non-ortho nitro benzene ring substituents is 3. The van der Waals surface area contributed by atoms with E-state index < -0.39 is 65.3 Å². The summed E-state index contributed by atoms with van der Waals surface area (Å²) in [4.78, 5) is 63.9. The Morgan fingerprint density at radius 3 is 1.07 bits per heavy atom. The maximum Gasteiger partial charge on any atom is 0.363 e. The quantitative estimate of drug-likeness (QED) is 0.153. The third kappa shape index (κ3) is 8.63. The van der Waals surface area contributed by atoms with Gasteiger partial charge in [-0.05, 0) is 92.6 Å². The van der Waals surface area contributed by atoms with Crippen LogP contribution in [0.4, 0.5) is 17.1 Å². The smallest absolute Gasteiger partial charge is 0.363 e. The van der Waals surface area contributed by atoms with Crippen molar-refractivity contribution >= 4 is 34.6 Å². The fraction of sp³-hybridized carbons (Fsp3) is 0.462. The molecule has 0 aromatic heterocycles. The third-order valence-corrected chi connectivity index (χ3v) is 12.1. The number of hydrogen-bond donors (Lipinski definition) is 1. The molecule has 3 heterocycles. The summed E-state index contributed by atoms with van der Waals surface area (Å²) in [5.41, 5.74) is -5.14. The topological polar surface area (TPSA) is 302 Å². The Morgan fingerprint density at radius 2 is 0.820 bits per heavy atom. The van der Waals surface area contributed by atoms with Gasteiger partial charge in [0.1, 0.15) is 11.1 Å². The summed E-state index contributed by atoms with van der Waals surface area (Å²) in [5.74, 6) is -1.35. The van der Waals surface area contributed by atoms with Crippen molar-refractivity contribution in [3.05, 3.63) is 117 Å². The van der Waals surface area contributed by atoms with Crippen molar-refractivity contribution in [2.45, 2.75) is 116 Å². The second-order valence-corrected chi connectivity index (χ2v) is 17.5. The van der Waals surface area contributed by atoms with Crippen molar-refractivity contribution in [2.24, 2.45) is 9.98 Å². The third-order valence-electron chi connectivity index (χ3n) is 12.1. The van der Waals surface area contributed by atoms with Crippen LogP contribution in [0.3, 0.4) is 0 Å². The summed E-state index contributed by atoms with van der Waals surface area (Å²) in [6.45, 7) is 21.2. The standard InChI is InChI=1S/C13H17N3O4.2C13H15N3O4.Cr/c3*1-12(2)13(3,4)15(18)11(14-12)9-7-8(16(19)20)5-6-10(9)17;/h5-7,14,17H,1-4H3;2*5-7H,1-4H3;/p-1. The van der Waals surface area contributed by atoms with Gasteiger partial charge < -0.3 is 20.5 Å². The van der Waals surface area contributed by atoms with E-state index in [1.165, 1.54) is 0 Å². The second-order valence-electron chi connectivity index (χ2n) is 17.5. The predicted octanol–water partition coefficient (Wildman–Crippen LogP) is 4.61. The van der Waals surface area contributed by atoms with E-state index in [1.807, 2.05) is 13.8 Å². The second kappa shape index (κ2) is 16.2. The molecule has 0 saturated carbocycles. The molecule has 0 bridgehead atoms. The average molecular weight is 885 g/mol. The van der Waals surface area contributed by atoms with Gasteiger partial charge in [-0.1, -0.05) is 55.2 Å². The molecule has 3 aliphatic rings. The first-order valence-electron chi connectivity index (χ1n) is 18.4. The number of aliphatic imine (C=N–C) groups is 2. The van der Waals surface area contributed by atoms with Crippen LogP contribution in [0.2, 0.25) is 0 Å². The van der Waals surface area contributed by atoms with E-state index in [1.54, 1.807) is 69.2 Å². The van der Waals surface area contributed by atoms with Crippen LogP contribution in [-0.4, -0.2) is 79.8 Å². The summed E-state index contributed by atoms with van der Waals surface area (Å²) in [5, 5.41) is 83.4. The molecule has 0 amide bonds. The minimum absolute atomic E-state index is 0. The van der Waals surface area contributed by atoms with Crippen LogP contribution in [-0.2, 0) is 17.4 Å². The first-order valence-corrected chi connectivity index (χ1v) is 18.4. The van der Waals surface area contributed by atoms with Crippen LogP contribution in [0.15, 0.2) is 64.6 Å². The molecule has 0 aliphatic carbocycles. The largest absolute Gasteiger partial charge is 0.872 e. The molecule has 1 N–H and O–H groups in total. The molecular weight excluding hydrogens is 838 g/mol. The van der Waals surface area contributed by atoms with Gasteiger partial charge >= 0.3 is 11.7 Å². The number of nitroso groups, excluding NO2 is 2. The number of amidine groups is 3. The molecule has 21 nitrogen and oxygen atoms in total. The number of benzene rings is 3. The number of nitro groups is 3. The van der Waals surface area contributed by atoms with Gasteiger partial charge in [-0.3, -0.25) is 40.4 Å². The molecule has 0 unspecified atom stereocenters. The minimum atomic E-state index is -0.834. The van der Waals surface area contributed by atoms with E-state index >= 15 is 0 Å². The Bertz CT molecular complexity index is 2260. The van der Waals surface area contributed by atoms with Crippen molar-refractivity contribution in [2.75, 3.05) is 0 Å². The van der Waals surface area contributed by atoms with Crippen molar-refractivity contribution < 1.29 is 61.7 Å². The summed E-state index contributed by atoms with van der Waals surface area (Å²) in [7, 11) is 0. The van der Waals surface area contributed by atoms with Gasteiger partial charge in [0, 0.05) is 53.8 Å². The zero-order valence-electron chi connectivity index (χ0n) is 35.6. The Kier molecular flexibility index (Phi) is 13.0. The van der Waals surface area contributed by atoms with E-state index in [0.29, 0.717) is 14.3 Å². The van der Waals surface area contributed by atoms with E-state index in [0.717, 1.165) is 54.6 Å². The maximum absolute atomic E-state index is 12.4. The molecule has 3 aromatic carbocycles. The van der Waals surface area contributed by atoms with Crippen molar-refractivity contribution in [3.63, 3.8) is 0 Å². The minimum Gasteiger partial charge on any atom is -0.872 e. The molecular formula is C39H46CrN9O12-. The van der Waals surface area contributed by atoms with Crippen LogP contribution in [0.5, 0.6) is 17.2 Å². The molecule has 3 aliphatic heterocycles. The Balaban J connectivity index is 0.000000242. The van der Waals surface area contributed by atoms with Crippen molar-refractivity contribution in [1.29, 1.82) is 0 Å². The van der Waals surface area contributed by atoms with Gasteiger partial charge in [-0.2, -0.15) is 0 Å². The van der Waals surface area contributed by atoms with Crippen LogP contribution < -0.4 is 20.6 Å². The van der Waals surface area contributed by atoms with Gasteiger partial charge in [0.2, 0.25) is 0 Å². The summed E-state index contributed by atoms with van der Waals surface area (Å²) < 4.78 is 2.04. The molecule has 6 rings (SSSR count). The van der Waals surface area contributed by atoms with Gasteiger partial charge in [0.25, 0.3) is 22.9 Å². The van der Waals surface area contributed by atoms with Crippen LogP contribution >= 0.6 is 0 Å². The Hall–Kier alpha value is -6.40. The molecule has 0 fully saturated rings. The molecule has 22 heteroatoms. The first-order chi connectivity index (χ1) is 27.2. The van der Waals surface area contributed by atoms with E-state index in [9.17, 15) is 60.7 Å². The molecule has 0 saturated heterocycles. The average Bonchev–Trinajstić information content (AvgIpc) is 3.50. The van der Waals surface area contributed by atoms with Gasteiger partial charge in [0.15, 0.2) is 22.2 Å². The number of nitrogens with one attached hydrogen (secondary N) is 1. The molecule has 0 radical (unpaired) electrons. The zero-order chi connectivity index (χ0) is 45.9. The monoisotopic (exact) mass is 884 g/mol. The first kappa shape index (κ1) is 49.0. The van der Waals surface area contributed by atoms with Crippen LogP contribution in [0, 0.1) is 45.4 Å². The molecule has 61 heavy (non-hydrogen) atoms. The predicted molar refractivity (Wildman–Crippen MR) is 213 cm³/mol. The van der Waals surface area contributed by atoms with Gasteiger partial charge in [0.05, 0.1) is 31.5 Å². The summed E-state index contributed by atoms with van der Waals surface area (Å²) in [6.07, 6.45) is 0. The number of nitrogens with zero attached hydrogens (tertiary/aromatic N) is 8. The van der Waals surface area contributed by atoms with Crippen LogP contribution in [0.1, 0.15) is 99.8 Å². The Morgan fingerprint density at radius 1 is 0.525 bits per heavy atom. The summed E-state index contributed by atoms with van der Waals surface area (Å²) >= 11 is 0. The van der Waals surface area contributed by atoms with E-state index in [-0.39, 0.29) is 68.6 Å². The number of hydrogen-bond acceptors (Lipinski definition) is 15. The fourth-order valence-corrected chi connectivity index (χ4v) is 5.90.